The Morgan fingerprint density at radius 3 is 2.43 bits per heavy atom. The summed E-state index contributed by atoms with van der Waals surface area (Å²) in [5, 5.41) is 0.645. The fraction of sp³-hybridized carbons (Fsp3) is 0.250. The van der Waals surface area contributed by atoms with Gasteiger partial charge in [-0.15, -0.1) is 11.3 Å². The molecular formula is C24H25N3O2S. The lowest BCUT2D eigenvalue weighted by Crippen LogP contribution is -2.21. The van der Waals surface area contributed by atoms with Crippen LogP contribution in [0.5, 0.6) is 5.75 Å². The number of benzene rings is 2. The van der Waals surface area contributed by atoms with Crippen molar-refractivity contribution < 1.29 is 4.74 Å². The number of aryl methyl sites for hydroxylation is 2. The molecule has 0 unspecified atom stereocenters. The topological polar surface area (TPSA) is 58.2 Å². The number of rotatable bonds is 6. The summed E-state index contributed by atoms with van der Waals surface area (Å²) in [7, 11) is 3.73. The largest absolute Gasteiger partial charge is 0.496 e. The number of thiophene rings is 1. The van der Waals surface area contributed by atoms with E-state index in [4.69, 9.17) is 9.72 Å². The number of fused-ring (bicyclic) bond motifs is 1. The number of methoxy groups -OCH3 is 1. The van der Waals surface area contributed by atoms with Crippen molar-refractivity contribution in [1.29, 1.82) is 0 Å². The van der Waals surface area contributed by atoms with Crippen molar-refractivity contribution in [3.63, 3.8) is 0 Å². The zero-order valence-electron chi connectivity index (χ0n) is 17.7. The molecule has 1 N–H and O–H groups in total. The van der Waals surface area contributed by atoms with Crippen LogP contribution in [-0.2, 0) is 13.1 Å². The summed E-state index contributed by atoms with van der Waals surface area (Å²) in [6, 6.07) is 16.3. The molecule has 0 atom stereocenters. The highest BCUT2D eigenvalue weighted by atomic mass is 32.1. The van der Waals surface area contributed by atoms with Crippen LogP contribution >= 0.6 is 11.3 Å². The lowest BCUT2D eigenvalue weighted by atomic mass is 10.1. The maximum Gasteiger partial charge on any atom is 0.259 e. The second-order valence-corrected chi connectivity index (χ2v) is 8.67. The maximum absolute atomic E-state index is 12.6. The fourth-order valence-electron chi connectivity index (χ4n) is 3.87. The van der Waals surface area contributed by atoms with E-state index in [1.54, 1.807) is 18.4 Å². The number of nitrogens with zero attached hydrogens (tertiary/aromatic N) is 2. The van der Waals surface area contributed by atoms with Crippen molar-refractivity contribution >= 4 is 21.6 Å². The van der Waals surface area contributed by atoms with Crippen LogP contribution < -0.4 is 10.3 Å². The van der Waals surface area contributed by atoms with Gasteiger partial charge in [0.05, 0.1) is 19.0 Å². The van der Waals surface area contributed by atoms with Crippen LogP contribution in [0.3, 0.4) is 0 Å². The minimum atomic E-state index is -0.0852. The molecule has 4 aromatic rings. The molecule has 0 aliphatic heterocycles. The van der Waals surface area contributed by atoms with Crippen molar-refractivity contribution in [1.82, 2.24) is 14.9 Å². The number of hydrogen-bond acceptors (Lipinski definition) is 5. The Balaban J connectivity index is 1.56. The standard InChI is InChI=1S/C24H25N3O2S/c1-15-10-17(11-16(2)22(15)29-4)13-27(3)14-21-25-23(28)19-12-20(30-24(19)26-21)18-8-6-5-7-9-18/h5-12H,13-14H2,1-4H3,(H,25,26,28). The molecule has 30 heavy (non-hydrogen) atoms. The molecule has 0 amide bonds. The minimum Gasteiger partial charge on any atom is -0.496 e. The molecule has 2 aromatic heterocycles. The number of nitrogens with one attached hydrogen (secondary N) is 1. The first-order chi connectivity index (χ1) is 14.4. The van der Waals surface area contributed by atoms with E-state index in [-0.39, 0.29) is 5.56 Å². The third-order valence-electron chi connectivity index (χ3n) is 5.11. The molecule has 0 fully saturated rings. The summed E-state index contributed by atoms with van der Waals surface area (Å²) in [4.78, 5) is 24.3. The van der Waals surface area contributed by atoms with Crippen molar-refractivity contribution in [2.75, 3.05) is 14.2 Å². The van der Waals surface area contributed by atoms with Crippen LogP contribution in [0.15, 0.2) is 53.3 Å². The summed E-state index contributed by atoms with van der Waals surface area (Å²) < 4.78 is 5.46. The maximum atomic E-state index is 12.6. The van der Waals surface area contributed by atoms with E-state index in [9.17, 15) is 4.79 Å². The molecule has 0 saturated carbocycles. The zero-order valence-corrected chi connectivity index (χ0v) is 18.5. The third-order valence-corrected chi connectivity index (χ3v) is 6.18. The van der Waals surface area contributed by atoms with Gasteiger partial charge >= 0.3 is 0 Å². The Bertz CT molecular complexity index is 1220. The van der Waals surface area contributed by atoms with Crippen LogP contribution in [0.4, 0.5) is 0 Å². The first-order valence-electron chi connectivity index (χ1n) is 9.85. The third kappa shape index (κ3) is 4.15. The molecule has 4 rings (SSSR count). The summed E-state index contributed by atoms with van der Waals surface area (Å²) in [6.45, 7) is 5.44. The van der Waals surface area contributed by atoms with Crippen molar-refractivity contribution in [2.45, 2.75) is 26.9 Å². The highest BCUT2D eigenvalue weighted by Crippen LogP contribution is 2.31. The van der Waals surface area contributed by atoms with Gasteiger partial charge in [-0.05, 0) is 49.2 Å². The first kappa shape index (κ1) is 20.3. The SMILES string of the molecule is COc1c(C)cc(CN(C)Cc2nc3sc(-c4ccccc4)cc3c(=O)[nH]2)cc1C. The monoisotopic (exact) mass is 419 g/mol. The summed E-state index contributed by atoms with van der Waals surface area (Å²) in [5.74, 6) is 1.61. The number of hydrogen-bond donors (Lipinski definition) is 1. The average Bonchev–Trinajstić information content (AvgIpc) is 3.13. The second-order valence-electron chi connectivity index (χ2n) is 7.64. The summed E-state index contributed by atoms with van der Waals surface area (Å²) in [6.07, 6.45) is 0. The summed E-state index contributed by atoms with van der Waals surface area (Å²) >= 11 is 1.55. The first-order valence-corrected chi connectivity index (χ1v) is 10.7. The van der Waals surface area contributed by atoms with E-state index in [1.807, 2.05) is 43.4 Å². The Morgan fingerprint density at radius 2 is 1.77 bits per heavy atom. The summed E-state index contributed by atoms with van der Waals surface area (Å²) in [5.41, 5.74) is 4.47. The van der Waals surface area contributed by atoms with E-state index in [0.29, 0.717) is 17.8 Å². The molecule has 0 radical (unpaired) electrons. The van der Waals surface area contributed by atoms with Gasteiger partial charge in [-0.2, -0.15) is 0 Å². The second kappa shape index (κ2) is 8.42. The molecule has 0 spiro atoms. The van der Waals surface area contributed by atoms with E-state index in [0.717, 1.165) is 38.7 Å². The smallest absolute Gasteiger partial charge is 0.259 e. The van der Waals surface area contributed by atoms with Gasteiger partial charge in [-0.3, -0.25) is 9.69 Å². The number of ether oxygens (including phenoxy) is 1. The molecule has 6 heteroatoms. The average molecular weight is 420 g/mol. The quantitative estimate of drug-likeness (QED) is 0.482. The van der Waals surface area contributed by atoms with Crippen LogP contribution in [0, 0.1) is 13.8 Å². The van der Waals surface area contributed by atoms with Gasteiger partial charge in [0.15, 0.2) is 0 Å². The molecule has 0 saturated heterocycles. The molecule has 2 aromatic carbocycles. The predicted octanol–water partition coefficient (Wildman–Crippen LogP) is 4.91. The van der Waals surface area contributed by atoms with Crippen LogP contribution in [-0.4, -0.2) is 29.0 Å². The predicted molar refractivity (Wildman–Crippen MR) is 123 cm³/mol. The lowest BCUT2D eigenvalue weighted by Gasteiger charge is -2.18. The number of H-pyrrole nitrogens is 1. The van der Waals surface area contributed by atoms with E-state index in [2.05, 4.69) is 35.9 Å². The zero-order chi connectivity index (χ0) is 21.3. The van der Waals surface area contributed by atoms with Crippen LogP contribution in [0.1, 0.15) is 22.5 Å². The van der Waals surface area contributed by atoms with Crippen molar-refractivity contribution in [3.8, 4) is 16.2 Å². The van der Waals surface area contributed by atoms with Gasteiger partial charge in [-0.25, -0.2) is 4.98 Å². The minimum absolute atomic E-state index is 0.0852. The highest BCUT2D eigenvalue weighted by molar-refractivity contribution is 7.21. The van der Waals surface area contributed by atoms with Crippen LogP contribution in [0.2, 0.25) is 0 Å². The van der Waals surface area contributed by atoms with Gasteiger partial charge in [0.2, 0.25) is 0 Å². The Labute approximate surface area is 180 Å². The highest BCUT2D eigenvalue weighted by Gasteiger charge is 2.12. The van der Waals surface area contributed by atoms with Crippen molar-refractivity contribution in [2.24, 2.45) is 0 Å². The number of aromatic amines is 1. The fourth-order valence-corrected chi connectivity index (χ4v) is 4.93. The lowest BCUT2D eigenvalue weighted by molar-refractivity contribution is 0.310. The molecular weight excluding hydrogens is 394 g/mol. The Hall–Kier alpha value is -2.96. The number of aromatic nitrogens is 2. The van der Waals surface area contributed by atoms with Gasteiger partial charge in [0, 0.05) is 11.4 Å². The van der Waals surface area contributed by atoms with E-state index < -0.39 is 0 Å². The molecule has 0 aliphatic carbocycles. The molecule has 0 bridgehead atoms. The van der Waals surface area contributed by atoms with E-state index in [1.165, 1.54) is 5.56 Å². The van der Waals surface area contributed by atoms with E-state index >= 15 is 0 Å². The van der Waals surface area contributed by atoms with Gasteiger partial charge in [0.25, 0.3) is 5.56 Å². The Morgan fingerprint density at radius 1 is 1.07 bits per heavy atom. The molecule has 154 valence electrons. The molecule has 5 nitrogen and oxygen atoms in total. The molecule has 0 aliphatic rings. The normalized spacial score (nSPS) is 11.4. The van der Waals surface area contributed by atoms with Crippen molar-refractivity contribution in [3.05, 3.63) is 81.4 Å². The molecule has 2 heterocycles. The Kier molecular flexibility index (Phi) is 5.70. The van der Waals surface area contributed by atoms with Crippen LogP contribution in [0.25, 0.3) is 20.7 Å². The van der Waals surface area contributed by atoms with Gasteiger partial charge in [0.1, 0.15) is 16.4 Å². The van der Waals surface area contributed by atoms with Gasteiger partial charge < -0.3 is 9.72 Å². The van der Waals surface area contributed by atoms with Gasteiger partial charge in [-0.1, -0.05) is 42.5 Å².